The van der Waals surface area contributed by atoms with Gasteiger partial charge in [-0.2, -0.15) is 0 Å². The van der Waals surface area contributed by atoms with E-state index in [1.807, 2.05) is 19.9 Å². The summed E-state index contributed by atoms with van der Waals surface area (Å²) in [5, 5.41) is 8.75. The maximum atomic E-state index is 12.6. The molecular formula is C20H26N2O3. The number of ketones is 1. The van der Waals surface area contributed by atoms with Crippen molar-refractivity contribution in [3.05, 3.63) is 52.3 Å². The second-order valence-electron chi connectivity index (χ2n) is 6.69. The van der Waals surface area contributed by atoms with Crippen molar-refractivity contribution in [3.63, 3.8) is 0 Å². The number of hydrogen-bond donors (Lipinski definition) is 1. The van der Waals surface area contributed by atoms with Gasteiger partial charge in [0, 0.05) is 29.2 Å². The molecule has 1 N–H and O–H groups in total. The number of carboxylic acids is 1. The van der Waals surface area contributed by atoms with Gasteiger partial charge in [0.2, 0.25) is 0 Å². The van der Waals surface area contributed by atoms with Crippen LogP contribution in [0.25, 0.3) is 5.69 Å². The molecule has 2 aromatic rings. The lowest BCUT2D eigenvalue weighted by Crippen LogP contribution is -2.28. The minimum absolute atomic E-state index is 0.0103. The summed E-state index contributed by atoms with van der Waals surface area (Å²) >= 11 is 0. The van der Waals surface area contributed by atoms with E-state index in [4.69, 9.17) is 5.11 Å². The first-order valence-electron chi connectivity index (χ1n) is 8.40. The standard InChI is InChI=1S/C20H26N2O3/c1-13-6-7-17(10-14(13)2)22-15(3)11-18(16(22)4)19(23)12-21(5)9-8-20(24)25/h6-7,10-11H,8-9,12H2,1-5H3,(H,24,25). The summed E-state index contributed by atoms with van der Waals surface area (Å²) < 4.78 is 2.09. The molecule has 1 heterocycles. The van der Waals surface area contributed by atoms with E-state index in [1.54, 1.807) is 11.9 Å². The van der Waals surface area contributed by atoms with Crippen LogP contribution in [0.2, 0.25) is 0 Å². The van der Waals surface area contributed by atoms with Crippen molar-refractivity contribution in [1.82, 2.24) is 9.47 Å². The molecule has 1 aromatic heterocycles. The third kappa shape index (κ3) is 4.37. The van der Waals surface area contributed by atoms with Crippen molar-refractivity contribution < 1.29 is 14.7 Å². The number of nitrogens with zero attached hydrogens (tertiary/aromatic N) is 2. The van der Waals surface area contributed by atoms with E-state index in [9.17, 15) is 9.59 Å². The normalized spacial score (nSPS) is 11.1. The molecule has 0 atom stereocenters. The van der Waals surface area contributed by atoms with Crippen LogP contribution in [0.4, 0.5) is 0 Å². The Hall–Kier alpha value is -2.40. The second kappa shape index (κ2) is 7.66. The maximum Gasteiger partial charge on any atom is 0.304 e. The average Bonchev–Trinajstić information content (AvgIpc) is 2.83. The minimum atomic E-state index is -0.854. The molecule has 0 aliphatic rings. The van der Waals surface area contributed by atoms with Crippen molar-refractivity contribution in [2.45, 2.75) is 34.1 Å². The largest absolute Gasteiger partial charge is 0.481 e. The predicted octanol–water partition coefficient (Wildman–Crippen LogP) is 3.30. The number of benzene rings is 1. The summed E-state index contributed by atoms with van der Waals surface area (Å²) in [5.74, 6) is -0.844. The highest BCUT2D eigenvalue weighted by atomic mass is 16.4. The van der Waals surface area contributed by atoms with Gasteiger partial charge in [0.1, 0.15) is 0 Å². The molecule has 0 amide bonds. The number of rotatable bonds is 7. The van der Waals surface area contributed by atoms with Crippen LogP contribution in [0.1, 0.15) is 39.3 Å². The number of aliphatic carboxylic acids is 1. The van der Waals surface area contributed by atoms with Gasteiger partial charge >= 0.3 is 5.97 Å². The Morgan fingerprint density at radius 3 is 2.36 bits per heavy atom. The molecule has 0 fully saturated rings. The van der Waals surface area contributed by atoms with E-state index in [0.29, 0.717) is 12.1 Å². The van der Waals surface area contributed by atoms with Gasteiger partial charge in [0.15, 0.2) is 5.78 Å². The second-order valence-corrected chi connectivity index (χ2v) is 6.69. The first-order chi connectivity index (χ1) is 11.7. The quantitative estimate of drug-likeness (QED) is 0.784. The van der Waals surface area contributed by atoms with Gasteiger partial charge in [-0.1, -0.05) is 6.07 Å². The Kier molecular flexibility index (Phi) is 5.80. The molecule has 0 bridgehead atoms. The Morgan fingerprint density at radius 2 is 1.76 bits per heavy atom. The maximum absolute atomic E-state index is 12.6. The summed E-state index contributed by atoms with van der Waals surface area (Å²) in [6.45, 7) is 8.67. The predicted molar refractivity (Wildman–Crippen MR) is 98.8 cm³/mol. The molecule has 5 heteroatoms. The van der Waals surface area contributed by atoms with E-state index >= 15 is 0 Å². The van der Waals surface area contributed by atoms with Crippen molar-refractivity contribution in [3.8, 4) is 5.69 Å². The van der Waals surface area contributed by atoms with Crippen molar-refractivity contribution in [1.29, 1.82) is 0 Å². The molecule has 0 saturated carbocycles. The van der Waals surface area contributed by atoms with E-state index in [-0.39, 0.29) is 18.7 Å². The number of aryl methyl sites for hydroxylation is 3. The fraction of sp³-hybridized carbons (Fsp3) is 0.400. The van der Waals surface area contributed by atoms with Crippen molar-refractivity contribution in [2.24, 2.45) is 0 Å². The molecule has 1 aromatic carbocycles. The summed E-state index contributed by atoms with van der Waals surface area (Å²) in [5.41, 5.74) is 6.12. The van der Waals surface area contributed by atoms with E-state index in [0.717, 1.165) is 17.1 Å². The van der Waals surface area contributed by atoms with E-state index in [1.165, 1.54) is 11.1 Å². The number of aromatic nitrogens is 1. The highest BCUT2D eigenvalue weighted by Gasteiger charge is 2.18. The lowest BCUT2D eigenvalue weighted by atomic mass is 10.1. The molecule has 134 valence electrons. The number of hydrogen-bond acceptors (Lipinski definition) is 3. The number of carbonyl (C=O) groups is 2. The van der Waals surface area contributed by atoms with Crippen molar-refractivity contribution in [2.75, 3.05) is 20.1 Å². The zero-order chi connectivity index (χ0) is 18.7. The Morgan fingerprint density at radius 1 is 1.08 bits per heavy atom. The highest BCUT2D eigenvalue weighted by Crippen LogP contribution is 2.23. The lowest BCUT2D eigenvalue weighted by Gasteiger charge is -2.15. The first kappa shape index (κ1) is 18.9. The first-order valence-corrected chi connectivity index (χ1v) is 8.40. The number of likely N-dealkylation sites (N-methyl/N-ethyl adjacent to an activating group) is 1. The van der Waals surface area contributed by atoms with Crippen LogP contribution in [0.15, 0.2) is 24.3 Å². The van der Waals surface area contributed by atoms with E-state index in [2.05, 4.69) is 36.6 Å². The van der Waals surface area contributed by atoms with Crippen LogP contribution in [-0.4, -0.2) is 46.5 Å². The molecule has 0 spiro atoms. The van der Waals surface area contributed by atoms with Crippen LogP contribution in [0.3, 0.4) is 0 Å². The summed E-state index contributed by atoms with van der Waals surface area (Å²) in [7, 11) is 1.77. The molecule has 0 aliphatic carbocycles. The monoisotopic (exact) mass is 342 g/mol. The Bertz CT molecular complexity index is 806. The lowest BCUT2D eigenvalue weighted by molar-refractivity contribution is -0.137. The molecule has 0 aliphatic heterocycles. The highest BCUT2D eigenvalue weighted by molar-refractivity contribution is 5.99. The van der Waals surface area contributed by atoms with Crippen LogP contribution in [0.5, 0.6) is 0 Å². The third-order valence-electron chi connectivity index (χ3n) is 4.60. The van der Waals surface area contributed by atoms with Crippen LogP contribution in [0, 0.1) is 27.7 Å². The van der Waals surface area contributed by atoms with E-state index < -0.39 is 5.97 Å². The van der Waals surface area contributed by atoms with Crippen LogP contribution >= 0.6 is 0 Å². The number of Topliss-reactive ketones (excluding diaryl/α,β-unsaturated/α-hetero) is 1. The van der Waals surface area contributed by atoms with Gasteiger partial charge in [0.05, 0.1) is 13.0 Å². The Labute approximate surface area is 148 Å². The number of carboxylic acid groups (broad SMARTS) is 1. The Balaban J connectivity index is 2.25. The molecule has 0 saturated heterocycles. The molecule has 0 radical (unpaired) electrons. The number of carbonyl (C=O) groups excluding carboxylic acids is 1. The summed E-state index contributed by atoms with van der Waals surface area (Å²) in [6.07, 6.45) is 0.0332. The topological polar surface area (TPSA) is 62.5 Å². The van der Waals surface area contributed by atoms with Crippen molar-refractivity contribution >= 4 is 11.8 Å². The van der Waals surface area contributed by atoms with Gasteiger partial charge in [-0.05, 0) is 64.1 Å². The fourth-order valence-electron chi connectivity index (χ4n) is 3.00. The van der Waals surface area contributed by atoms with Gasteiger partial charge < -0.3 is 9.67 Å². The zero-order valence-electron chi connectivity index (χ0n) is 15.6. The van der Waals surface area contributed by atoms with Gasteiger partial charge in [-0.25, -0.2) is 0 Å². The van der Waals surface area contributed by atoms with Crippen LogP contribution in [-0.2, 0) is 4.79 Å². The molecule has 2 rings (SSSR count). The van der Waals surface area contributed by atoms with Gasteiger partial charge in [-0.15, -0.1) is 0 Å². The molecule has 5 nitrogen and oxygen atoms in total. The van der Waals surface area contributed by atoms with Gasteiger partial charge in [-0.3, -0.25) is 14.5 Å². The molecule has 25 heavy (non-hydrogen) atoms. The zero-order valence-corrected chi connectivity index (χ0v) is 15.6. The summed E-state index contributed by atoms with van der Waals surface area (Å²) in [4.78, 5) is 25.0. The molecule has 0 unspecified atom stereocenters. The minimum Gasteiger partial charge on any atom is -0.481 e. The van der Waals surface area contributed by atoms with Crippen LogP contribution < -0.4 is 0 Å². The molecular weight excluding hydrogens is 316 g/mol. The SMILES string of the molecule is Cc1ccc(-n2c(C)cc(C(=O)CN(C)CCC(=O)O)c2C)cc1C. The smallest absolute Gasteiger partial charge is 0.304 e. The van der Waals surface area contributed by atoms with Gasteiger partial charge in [0.25, 0.3) is 0 Å². The average molecular weight is 342 g/mol. The summed E-state index contributed by atoms with van der Waals surface area (Å²) in [6, 6.07) is 8.20. The third-order valence-corrected chi connectivity index (χ3v) is 4.60. The fourth-order valence-corrected chi connectivity index (χ4v) is 3.00.